The van der Waals surface area contributed by atoms with Crippen LogP contribution in [0.3, 0.4) is 0 Å². The number of amides is 1. The van der Waals surface area contributed by atoms with Crippen LogP contribution in [0.25, 0.3) is 0 Å². The van der Waals surface area contributed by atoms with E-state index < -0.39 is 0 Å². The van der Waals surface area contributed by atoms with Gasteiger partial charge in [-0.2, -0.15) is 0 Å². The highest BCUT2D eigenvalue weighted by Gasteiger charge is 2.39. The summed E-state index contributed by atoms with van der Waals surface area (Å²) in [7, 11) is 0. The van der Waals surface area contributed by atoms with Crippen LogP contribution in [0.15, 0.2) is 22.7 Å². The first-order valence-electron chi connectivity index (χ1n) is 7.56. The third-order valence-corrected chi connectivity index (χ3v) is 5.46. The van der Waals surface area contributed by atoms with E-state index in [0.717, 1.165) is 25.7 Å². The van der Waals surface area contributed by atoms with Gasteiger partial charge in [-0.1, -0.05) is 6.42 Å². The Bertz CT molecular complexity index is 537. The third kappa shape index (κ3) is 3.14. The summed E-state index contributed by atoms with van der Waals surface area (Å²) in [6.07, 6.45) is 5.50. The lowest BCUT2D eigenvalue weighted by molar-refractivity contribution is 0.0756. The lowest BCUT2D eigenvalue weighted by Crippen LogP contribution is -2.53. The van der Waals surface area contributed by atoms with Crippen LogP contribution in [0.4, 0.5) is 4.39 Å². The van der Waals surface area contributed by atoms with Crippen molar-refractivity contribution in [1.29, 1.82) is 0 Å². The van der Waals surface area contributed by atoms with Crippen LogP contribution in [0, 0.1) is 17.7 Å². The summed E-state index contributed by atoms with van der Waals surface area (Å²) in [5, 5.41) is 3.17. The zero-order valence-electron chi connectivity index (χ0n) is 11.8. The van der Waals surface area contributed by atoms with E-state index in [0.29, 0.717) is 21.9 Å². The number of fused-ring (bicyclic) bond motifs is 2. The zero-order chi connectivity index (χ0) is 15.0. The Morgan fingerprint density at radius 3 is 2.57 bits per heavy atom. The summed E-state index contributed by atoms with van der Waals surface area (Å²) >= 11 is 3.12. The molecule has 0 spiro atoms. The van der Waals surface area contributed by atoms with E-state index >= 15 is 0 Å². The summed E-state index contributed by atoms with van der Waals surface area (Å²) in [5.41, 5.74) is 6.60. The van der Waals surface area contributed by atoms with Crippen LogP contribution >= 0.6 is 15.9 Å². The van der Waals surface area contributed by atoms with Crippen molar-refractivity contribution in [1.82, 2.24) is 5.32 Å². The molecule has 0 aliphatic heterocycles. The standard InChI is InChI=1S/C16H20BrFN2O/c17-13-8-11(4-5-14(13)18)16(21)20-15-9-2-1-3-10(15)7-12(19)6-9/h4-5,8-10,12,15H,1-3,6-7,19H2,(H,20,21). The lowest BCUT2D eigenvalue weighted by Gasteiger charge is -2.45. The molecule has 2 fully saturated rings. The highest BCUT2D eigenvalue weighted by molar-refractivity contribution is 9.10. The predicted octanol–water partition coefficient (Wildman–Crippen LogP) is 3.22. The number of nitrogens with two attached hydrogens (primary N) is 1. The minimum atomic E-state index is -0.355. The van der Waals surface area contributed by atoms with Gasteiger partial charge in [-0.05, 0) is 71.6 Å². The molecule has 2 saturated carbocycles. The third-order valence-electron chi connectivity index (χ3n) is 4.86. The average molecular weight is 355 g/mol. The first-order valence-corrected chi connectivity index (χ1v) is 8.35. The van der Waals surface area contributed by atoms with Crippen LogP contribution in [0.2, 0.25) is 0 Å². The van der Waals surface area contributed by atoms with E-state index in [4.69, 9.17) is 5.73 Å². The van der Waals surface area contributed by atoms with Gasteiger partial charge in [0.05, 0.1) is 4.47 Å². The van der Waals surface area contributed by atoms with Crippen molar-refractivity contribution in [3.8, 4) is 0 Å². The van der Waals surface area contributed by atoms with Crippen molar-refractivity contribution in [2.24, 2.45) is 17.6 Å². The van der Waals surface area contributed by atoms with Gasteiger partial charge < -0.3 is 11.1 Å². The number of hydrogen-bond donors (Lipinski definition) is 2. The van der Waals surface area contributed by atoms with E-state index in [1.165, 1.54) is 24.6 Å². The molecule has 21 heavy (non-hydrogen) atoms. The highest BCUT2D eigenvalue weighted by atomic mass is 79.9. The second-order valence-corrected chi connectivity index (χ2v) is 7.17. The van der Waals surface area contributed by atoms with E-state index in [9.17, 15) is 9.18 Å². The largest absolute Gasteiger partial charge is 0.349 e. The number of carbonyl (C=O) groups is 1. The number of halogens is 2. The molecule has 2 bridgehead atoms. The Hall–Kier alpha value is -0.940. The molecule has 1 amide bonds. The molecule has 1 aromatic rings. The molecule has 114 valence electrons. The summed E-state index contributed by atoms with van der Waals surface area (Å²) in [6, 6.07) is 4.87. The second kappa shape index (κ2) is 6.05. The van der Waals surface area contributed by atoms with Gasteiger partial charge in [0.25, 0.3) is 5.91 Å². The minimum absolute atomic E-state index is 0.118. The predicted molar refractivity (Wildman–Crippen MR) is 83.4 cm³/mol. The fourth-order valence-electron chi connectivity index (χ4n) is 3.90. The Morgan fingerprint density at radius 2 is 1.95 bits per heavy atom. The molecule has 0 heterocycles. The van der Waals surface area contributed by atoms with Gasteiger partial charge in [0.1, 0.15) is 5.82 Å². The molecule has 2 aliphatic rings. The Morgan fingerprint density at radius 1 is 1.29 bits per heavy atom. The van der Waals surface area contributed by atoms with Crippen LogP contribution in [-0.4, -0.2) is 18.0 Å². The maximum atomic E-state index is 13.3. The second-order valence-electron chi connectivity index (χ2n) is 6.31. The summed E-state index contributed by atoms with van der Waals surface area (Å²) in [4.78, 5) is 12.4. The number of benzene rings is 1. The van der Waals surface area contributed by atoms with E-state index in [1.807, 2.05) is 0 Å². The zero-order valence-corrected chi connectivity index (χ0v) is 13.4. The maximum absolute atomic E-state index is 13.3. The molecule has 3 nitrogen and oxygen atoms in total. The fourth-order valence-corrected chi connectivity index (χ4v) is 4.28. The number of rotatable bonds is 2. The Labute approximate surface area is 132 Å². The molecule has 3 N–H and O–H groups in total. The smallest absolute Gasteiger partial charge is 0.251 e. The fraction of sp³-hybridized carbons (Fsp3) is 0.562. The molecule has 3 rings (SSSR count). The molecule has 0 aromatic heterocycles. The SMILES string of the molecule is NC1CC2CCCC(C1)C2NC(=O)c1ccc(F)c(Br)c1. The van der Waals surface area contributed by atoms with Gasteiger partial charge in [-0.25, -0.2) is 4.39 Å². The summed E-state index contributed by atoms with van der Waals surface area (Å²) < 4.78 is 13.6. The number of carbonyl (C=O) groups excluding carboxylic acids is 1. The van der Waals surface area contributed by atoms with Gasteiger partial charge in [0.2, 0.25) is 0 Å². The lowest BCUT2D eigenvalue weighted by atomic mass is 9.67. The van der Waals surface area contributed by atoms with Crippen molar-refractivity contribution >= 4 is 21.8 Å². The molecule has 0 radical (unpaired) electrons. The molecule has 1 aromatic carbocycles. The first-order chi connectivity index (χ1) is 10.0. The topological polar surface area (TPSA) is 55.1 Å². The van der Waals surface area contributed by atoms with E-state index in [2.05, 4.69) is 21.2 Å². The molecule has 2 aliphatic carbocycles. The Balaban J connectivity index is 1.73. The summed E-state index contributed by atoms with van der Waals surface area (Å²) in [5.74, 6) is 0.501. The van der Waals surface area contributed by atoms with Crippen molar-refractivity contribution < 1.29 is 9.18 Å². The van der Waals surface area contributed by atoms with E-state index in [1.54, 1.807) is 0 Å². The number of nitrogens with one attached hydrogen (secondary N) is 1. The maximum Gasteiger partial charge on any atom is 0.251 e. The van der Waals surface area contributed by atoms with Crippen molar-refractivity contribution in [2.45, 2.75) is 44.2 Å². The van der Waals surface area contributed by atoms with Crippen molar-refractivity contribution in [3.63, 3.8) is 0 Å². The van der Waals surface area contributed by atoms with Crippen LogP contribution < -0.4 is 11.1 Å². The molecular formula is C16H20BrFN2O. The summed E-state index contributed by atoms with van der Waals surface area (Å²) in [6.45, 7) is 0. The first kappa shape index (κ1) is 15.0. The van der Waals surface area contributed by atoms with Crippen LogP contribution in [0.5, 0.6) is 0 Å². The van der Waals surface area contributed by atoms with Gasteiger partial charge in [-0.15, -0.1) is 0 Å². The normalized spacial score (nSPS) is 31.8. The quantitative estimate of drug-likeness (QED) is 0.856. The molecule has 0 saturated heterocycles. The molecule has 2 unspecified atom stereocenters. The minimum Gasteiger partial charge on any atom is -0.349 e. The van der Waals surface area contributed by atoms with E-state index in [-0.39, 0.29) is 23.8 Å². The van der Waals surface area contributed by atoms with Gasteiger partial charge >= 0.3 is 0 Å². The highest BCUT2D eigenvalue weighted by Crippen LogP contribution is 2.39. The van der Waals surface area contributed by atoms with Gasteiger partial charge in [0, 0.05) is 17.6 Å². The monoisotopic (exact) mass is 354 g/mol. The average Bonchev–Trinajstić information content (AvgIpc) is 2.42. The van der Waals surface area contributed by atoms with Gasteiger partial charge in [-0.3, -0.25) is 4.79 Å². The Kier molecular flexibility index (Phi) is 4.31. The van der Waals surface area contributed by atoms with Crippen LogP contribution in [0.1, 0.15) is 42.5 Å². The molecular weight excluding hydrogens is 335 g/mol. The van der Waals surface area contributed by atoms with Crippen molar-refractivity contribution in [3.05, 3.63) is 34.1 Å². The molecule has 2 atom stereocenters. The van der Waals surface area contributed by atoms with Gasteiger partial charge in [0.15, 0.2) is 0 Å². The molecule has 5 heteroatoms. The number of hydrogen-bond acceptors (Lipinski definition) is 2. The van der Waals surface area contributed by atoms with Crippen molar-refractivity contribution in [2.75, 3.05) is 0 Å². The van der Waals surface area contributed by atoms with Crippen LogP contribution in [-0.2, 0) is 0 Å².